The van der Waals surface area contributed by atoms with Gasteiger partial charge in [0.15, 0.2) is 0 Å². The van der Waals surface area contributed by atoms with Gasteiger partial charge in [-0.25, -0.2) is 0 Å². The molecular weight excluding hydrogens is 378 g/mol. The molecule has 3 heteroatoms. The molecule has 2 aromatic rings. The molecule has 0 N–H and O–H groups in total. The summed E-state index contributed by atoms with van der Waals surface area (Å²) >= 11 is -2.35. The van der Waals surface area contributed by atoms with Gasteiger partial charge in [-0.2, -0.15) is 0 Å². The summed E-state index contributed by atoms with van der Waals surface area (Å²) in [5, 5.41) is 0. The molecule has 0 nitrogen and oxygen atoms in total. The maximum absolute atomic E-state index is 6.38. The van der Waals surface area contributed by atoms with E-state index in [1.165, 1.54) is 39.0 Å². The second-order valence-corrected chi connectivity index (χ2v) is 14.5. The Kier molecular flexibility index (Phi) is 4.46. The number of allylic oxidation sites excluding steroid dienone is 1. The second kappa shape index (κ2) is 6.03. The summed E-state index contributed by atoms with van der Waals surface area (Å²) in [5.74, 6) is 0. The van der Waals surface area contributed by atoms with E-state index >= 15 is 0 Å². The van der Waals surface area contributed by atoms with E-state index in [2.05, 4.69) is 63.2 Å². The van der Waals surface area contributed by atoms with Crippen molar-refractivity contribution in [1.29, 1.82) is 0 Å². The Morgan fingerprint density at radius 3 is 2.38 bits per heavy atom. The van der Waals surface area contributed by atoms with Crippen molar-refractivity contribution in [2.24, 2.45) is 0 Å². The van der Waals surface area contributed by atoms with Crippen molar-refractivity contribution in [3.63, 3.8) is 0 Å². The van der Waals surface area contributed by atoms with Crippen LogP contribution in [0, 0.1) is 13.8 Å². The summed E-state index contributed by atoms with van der Waals surface area (Å²) in [7, 11) is 12.8. The van der Waals surface area contributed by atoms with Gasteiger partial charge < -0.3 is 0 Å². The first-order chi connectivity index (χ1) is 9.99. The predicted octanol–water partition coefficient (Wildman–Crippen LogP) is 6.35. The maximum atomic E-state index is 6.38. The van der Waals surface area contributed by atoms with Gasteiger partial charge in [-0.05, 0) is 0 Å². The van der Waals surface area contributed by atoms with Gasteiger partial charge >= 0.3 is 142 Å². The van der Waals surface area contributed by atoms with Gasteiger partial charge in [0, 0.05) is 0 Å². The van der Waals surface area contributed by atoms with Crippen LogP contribution in [0.1, 0.15) is 32.8 Å². The minimum absolute atomic E-state index is 0.302. The summed E-state index contributed by atoms with van der Waals surface area (Å²) in [6, 6.07) is 13.2. The van der Waals surface area contributed by atoms with Crippen molar-refractivity contribution < 1.29 is 19.4 Å². The van der Waals surface area contributed by atoms with Crippen LogP contribution in [0.5, 0.6) is 0 Å². The number of rotatable bonds is 2. The Morgan fingerprint density at radius 1 is 0.952 bits per heavy atom. The van der Waals surface area contributed by atoms with E-state index in [0.717, 1.165) is 0 Å². The van der Waals surface area contributed by atoms with Crippen LogP contribution in [0.4, 0.5) is 0 Å². The average molecular weight is 395 g/mol. The quantitative estimate of drug-likeness (QED) is 0.555. The minimum atomic E-state index is -2.35. The van der Waals surface area contributed by atoms with Crippen molar-refractivity contribution >= 4 is 23.1 Å². The van der Waals surface area contributed by atoms with E-state index in [9.17, 15) is 0 Å². The molecule has 107 valence electrons. The molecule has 1 aliphatic rings. The number of halogens is 2. The fourth-order valence-corrected chi connectivity index (χ4v) is 8.87. The fraction of sp³-hybridized carbons (Fsp3) is 0.222. The van der Waals surface area contributed by atoms with Crippen LogP contribution in [0.2, 0.25) is 0 Å². The Hall–Kier alpha value is -0.357. The molecule has 0 amide bonds. The monoisotopic (exact) mass is 393 g/mol. The van der Waals surface area contributed by atoms with Crippen molar-refractivity contribution in [2.75, 3.05) is 0 Å². The zero-order valence-corrected chi connectivity index (χ0v) is 16.3. The third-order valence-corrected chi connectivity index (χ3v) is 9.71. The molecule has 0 heterocycles. The van der Waals surface area contributed by atoms with Crippen molar-refractivity contribution in [2.45, 2.75) is 24.4 Å². The molecule has 0 saturated carbocycles. The predicted molar refractivity (Wildman–Crippen MR) is 89.5 cm³/mol. The number of benzene rings is 2. The van der Waals surface area contributed by atoms with E-state index in [0.29, 0.717) is 3.63 Å². The molecular formula is C18H17Cl2Zr. The number of fused-ring (bicyclic) bond motifs is 1. The molecule has 0 bridgehead atoms. The molecule has 0 saturated heterocycles. The Labute approximate surface area is 141 Å². The molecule has 1 unspecified atom stereocenters. The van der Waals surface area contributed by atoms with Crippen molar-refractivity contribution in [3.05, 3.63) is 64.2 Å². The van der Waals surface area contributed by atoms with Crippen LogP contribution in [-0.2, 0) is 19.4 Å². The molecule has 0 aromatic heterocycles. The molecule has 1 atom stereocenters. The Balaban J connectivity index is 2.20. The first-order valence-electron chi connectivity index (χ1n) is 7.05. The SMILES string of the molecule is CC1=Cc2c(-c3ccc(C)cc3C)cccc2[CH]1[Zr]([Cl])[Cl]. The molecule has 2 aromatic carbocycles. The van der Waals surface area contributed by atoms with E-state index in [1.807, 2.05) is 0 Å². The van der Waals surface area contributed by atoms with E-state index in [1.54, 1.807) is 0 Å². The van der Waals surface area contributed by atoms with E-state index in [4.69, 9.17) is 17.0 Å². The van der Waals surface area contributed by atoms with Crippen LogP contribution >= 0.6 is 17.0 Å². The normalized spacial score (nSPS) is 16.6. The fourth-order valence-electron chi connectivity index (χ4n) is 3.19. The summed E-state index contributed by atoms with van der Waals surface area (Å²) in [4.78, 5) is 0. The van der Waals surface area contributed by atoms with Gasteiger partial charge in [-0.15, -0.1) is 0 Å². The Bertz CT molecular complexity index is 732. The molecule has 0 aliphatic heterocycles. The number of aryl methyl sites for hydroxylation is 2. The average Bonchev–Trinajstić information content (AvgIpc) is 2.75. The summed E-state index contributed by atoms with van der Waals surface area (Å²) in [6.07, 6.45) is 2.28. The van der Waals surface area contributed by atoms with Gasteiger partial charge in [0.1, 0.15) is 0 Å². The third kappa shape index (κ3) is 2.81. The number of hydrogen-bond donors (Lipinski definition) is 0. The second-order valence-electron chi connectivity index (χ2n) is 5.74. The first-order valence-corrected chi connectivity index (χ1v) is 14.8. The zero-order valence-electron chi connectivity index (χ0n) is 12.4. The van der Waals surface area contributed by atoms with Crippen LogP contribution in [0.15, 0.2) is 42.0 Å². The van der Waals surface area contributed by atoms with Crippen molar-refractivity contribution in [1.82, 2.24) is 0 Å². The zero-order chi connectivity index (χ0) is 15.1. The van der Waals surface area contributed by atoms with Gasteiger partial charge in [0.2, 0.25) is 0 Å². The van der Waals surface area contributed by atoms with Gasteiger partial charge in [-0.1, -0.05) is 0 Å². The first kappa shape index (κ1) is 15.5. The Morgan fingerprint density at radius 2 is 1.71 bits per heavy atom. The van der Waals surface area contributed by atoms with Crippen LogP contribution in [-0.4, -0.2) is 0 Å². The third-order valence-electron chi connectivity index (χ3n) is 4.17. The molecule has 0 spiro atoms. The molecule has 21 heavy (non-hydrogen) atoms. The van der Waals surface area contributed by atoms with Gasteiger partial charge in [-0.3, -0.25) is 0 Å². The van der Waals surface area contributed by atoms with Crippen LogP contribution in [0.25, 0.3) is 17.2 Å². The summed E-state index contributed by atoms with van der Waals surface area (Å²) in [5.41, 5.74) is 9.16. The molecule has 3 rings (SSSR count). The van der Waals surface area contributed by atoms with Crippen LogP contribution < -0.4 is 0 Å². The summed E-state index contributed by atoms with van der Waals surface area (Å²) in [6.45, 7) is 6.46. The van der Waals surface area contributed by atoms with E-state index in [-0.39, 0.29) is 0 Å². The van der Waals surface area contributed by atoms with Gasteiger partial charge in [0.05, 0.1) is 0 Å². The van der Waals surface area contributed by atoms with Crippen molar-refractivity contribution in [3.8, 4) is 11.1 Å². The standard InChI is InChI=1S/C18H17.2ClH.Zr/c1-12-7-8-16(14(3)9-12)17-6-4-5-15-10-13(2)11-18(15)17;;;/h4-11H,1-3H3;2*1H;/q;;;+2/p-2. The van der Waals surface area contributed by atoms with Crippen LogP contribution in [0.3, 0.4) is 0 Å². The molecule has 1 aliphatic carbocycles. The molecule has 0 radical (unpaired) electrons. The summed E-state index contributed by atoms with van der Waals surface area (Å²) < 4.78 is 0.302. The molecule has 0 fully saturated rings. The number of hydrogen-bond acceptors (Lipinski definition) is 0. The van der Waals surface area contributed by atoms with Gasteiger partial charge in [0.25, 0.3) is 0 Å². The van der Waals surface area contributed by atoms with E-state index < -0.39 is 19.4 Å². The topological polar surface area (TPSA) is 0 Å².